The number of ether oxygens (including phenoxy) is 2. The second-order valence-electron chi connectivity index (χ2n) is 4.21. The fourth-order valence-electron chi connectivity index (χ4n) is 2.14. The van der Waals surface area contributed by atoms with Gasteiger partial charge in [0.15, 0.2) is 5.60 Å². The Balaban J connectivity index is 1.80. The van der Waals surface area contributed by atoms with Crippen LogP contribution in [-0.4, -0.2) is 35.5 Å². The van der Waals surface area contributed by atoms with Gasteiger partial charge in [0.05, 0.1) is 6.61 Å². The minimum atomic E-state index is -1.32. The Morgan fingerprint density at radius 2 is 2.06 bits per heavy atom. The second kappa shape index (κ2) is 3.38. The van der Waals surface area contributed by atoms with E-state index in [4.69, 9.17) is 9.47 Å². The topological polar surface area (TPSA) is 59.1 Å². The molecule has 84 valence electrons. The molecule has 4 nitrogen and oxygen atoms in total. The number of benzene rings is 1. The standard InChI is InChI=1S/C12H12O4/c13-10-11(14)16-9(12(10)7-15-12)6-8-4-2-1-3-5-8/h1-5,9,11,14H,6-7H2/t9-,11?,12+/m1/s1. The summed E-state index contributed by atoms with van der Waals surface area (Å²) >= 11 is 0. The van der Waals surface area contributed by atoms with Gasteiger partial charge in [-0.25, -0.2) is 0 Å². The summed E-state index contributed by atoms with van der Waals surface area (Å²) in [5.41, 5.74) is 0.208. The van der Waals surface area contributed by atoms with Crippen molar-refractivity contribution in [3.05, 3.63) is 35.9 Å². The van der Waals surface area contributed by atoms with Gasteiger partial charge in [-0.2, -0.15) is 0 Å². The molecular formula is C12H12O4. The van der Waals surface area contributed by atoms with Crippen molar-refractivity contribution in [3.63, 3.8) is 0 Å². The molecule has 0 bridgehead atoms. The van der Waals surface area contributed by atoms with Gasteiger partial charge >= 0.3 is 0 Å². The third kappa shape index (κ3) is 1.38. The van der Waals surface area contributed by atoms with Gasteiger partial charge in [0, 0.05) is 6.42 Å². The summed E-state index contributed by atoms with van der Waals surface area (Å²) in [4.78, 5) is 11.6. The smallest absolute Gasteiger partial charge is 0.225 e. The number of hydrogen-bond acceptors (Lipinski definition) is 4. The van der Waals surface area contributed by atoms with E-state index in [0.29, 0.717) is 13.0 Å². The minimum Gasteiger partial charge on any atom is -0.362 e. The largest absolute Gasteiger partial charge is 0.362 e. The molecule has 2 aliphatic rings. The number of rotatable bonds is 2. The van der Waals surface area contributed by atoms with Crippen LogP contribution < -0.4 is 0 Å². The first kappa shape index (κ1) is 9.96. The van der Waals surface area contributed by atoms with Crippen LogP contribution in [0.25, 0.3) is 0 Å². The molecule has 2 saturated heterocycles. The number of hydrogen-bond donors (Lipinski definition) is 1. The first-order valence-corrected chi connectivity index (χ1v) is 5.28. The molecular weight excluding hydrogens is 208 g/mol. The van der Waals surface area contributed by atoms with Crippen molar-refractivity contribution in [3.8, 4) is 0 Å². The van der Waals surface area contributed by atoms with Crippen molar-refractivity contribution in [1.82, 2.24) is 0 Å². The zero-order valence-electron chi connectivity index (χ0n) is 8.63. The van der Waals surface area contributed by atoms with Gasteiger partial charge < -0.3 is 14.6 Å². The maximum absolute atomic E-state index is 11.6. The Morgan fingerprint density at radius 3 is 2.69 bits per heavy atom. The van der Waals surface area contributed by atoms with Gasteiger partial charge in [-0.1, -0.05) is 30.3 Å². The molecule has 1 N–H and O–H groups in total. The summed E-state index contributed by atoms with van der Waals surface area (Å²) in [6.45, 7) is 0.362. The Labute approximate surface area is 92.8 Å². The lowest BCUT2D eigenvalue weighted by molar-refractivity contribution is -0.143. The van der Waals surface area contributed by atoms with Gasteiger partial charge in [0.2, 0.25) is 12.1 Å². The summed E-state index contributed by atoms with van der Waals surface area (Å²) in [5.74, 6) is -0.339. The fraction of sp³-hybridized carbons (Fsp3) is 0.417. The van der Waals surface area contributed by atoms with Crippen LogP contribution >= 0.6 is 0 Å². The number of Topliss-reactive ketones (excluding diaryl/α,β-unsaturated/α-hetero) is 1. The Bertz CT molecular complexity index is 410. The molecule has 2 fully saturated rings. The molecule has 16 heavy (non-hydrogen) atoms. The third-order valence-electron chi connectivity index (χ3n) is 3.17. The third-order valence-corrected chi connectivity index (χ3v) is 3.17. The molecule has 0 saturated carbocycles. The van der Waals surface area contributed by atoms with Crippen LogP contribution in [0.15, 0.2) is 30.3 Å². The highest BCUT2D eigenvalue weighted by Crippen LogP contribution is 2.41. The van der Waals surface area contributed by atoms with E-state index in [2.05, 4.69) is 0 Å². The van der Waals surface area contributed by atoms with Crippen molar-refractivity contribution in [2.24, 2.45) is 0 Å². The summed E-state index contributed by atoms with van der Waals surface area (Å²) in [6, 6.07) is 9.73. The first-order valence-electron chi connectivity index (χ1n) is 5.28. The quantitative estimate of drug-likeness (QED) is 0.727. The number of aliphatic hydroxyl groups is 1. The van der Waals surface area contributed by atoms with E-state index in [-0.39, 0.29) is 11.9 Å². The van der Waals surface area contributed by atoms with Crippen molar-refractivity contribution in [2.75, 3.05) is 6.61 Å². The van der Waals surface area contributed by atoms with Crippen LogP contribution in [0.1, 0.15) is 5.56 Å². The van der Waals surface area contributed by atoms with E-state index in [9.17, 15) is 9.90 Å². The highest BCUT2D eigenvalue weighted by Gasteiger charge is 2.65. The molecule has 1 unspecified atom stereocenters. The number of ketones is 1. The Kier molecular flexibility index (Phi) is 2.10. The van der Waals surface area contributed by atoms with Crippen molar-refractivity contribution < 1.29 is 19.4 Å². The maximum Gasteiger partial charge on any atom is 0.225 e. The van der Waals surface area contributed by atoms with E-state index in [1.54, 1.807) is 0 Å². The highest BCUT2D eigenvalue weighted by molar-refractivity contribution is 5.95. The molecule has 2 aliphatic heterocycles. The lowest BCUT2D eigenvalue weighted by Crippen LogP contribution is -2.33. The summed E-state index contributed by atoms with van der Waals surface area (Å²) < 4.78 is 10.4. The maximum atomic E-state index is 11.6. The monoisotopic (exact) mass is 220 g/mol. The van der Waals surface area contributed by atoms with Crippen LogP contribution in [0.2, 0.25) is 0 Å². The molecule has 1 aromatic rings. The van der Waals surface area contributed by atoms with Gasteiger partial charge in [-0.15, -0.1) is 0 Å². The predicted molar refractivity (Wildman–Crippen MR) is 54.7 cm³/mol. The van der Waals surface area contributed by atoms with Crippen molar-refractivity contribution >= 4 is 5.78 Å². The fourth-order valence-corrected chi connectivity index (χ4v) is 2.14. The van der Waals surface area contributed by atoms with E-state index in [1.165, 1.54) is 0 Å². The Morgan fingerprint density at radius 1 is 1.38 bits per heavy atom. The molecule has 4 heteroatoms. The predicted octanol–water partition coefficient (Wildman–Crippen LogP) is 0.284. The molecule has 1 aromatic carbocycles. The Hall–Kier alpha value is -1.23. The number of carbonyl (C=O) groups is 1. The van der Waals surface area contributed by atoms with Gasteiger partial charge in [0.1, 0.15) is 6.10 Å². The SMILES string of the molecule is O=C1C(O)O[C@H](Cc2ccccc2)[C@@]12CO2. The molecule has 0 amide bonds. The summed E-state index contributed by atoms with van der Waals surface area (Å²) in [6.07, 6.45) is -1.10. The van der Waals surface area contributed by atoms with E-state index >= 15 is 0 Å². The zero-order chi connectivity index (χ0) is 11.2. The molecule has 2 heterocycles. The molecule has 0 radical (unpaired) electrons. The van der Waals surface area contributed by atoms with Crippen LogP contribution in [0.4, 0.5) is 0 Å². The summed E-state index contributed by atoms with van der Waals surface area (Å²) in [5, 5.41) is 9.37. The van der Waals surface area contributed by atoms with E-state index in [0.717, 1.165) is 5.56 Å². The second-order valence-corrected chi connectivity index (χ2v) is 4.21. The normalized spacial score (nSPS) is 36.9. The zero-order valence-corrected chi connectivity index (χ0v) is 8.63. The lowest BCUT2D eigenvalue weighted by Gasteiger charge is -2.12. The van der Waals surface area contributed by atoms with Crippen LogP contribution in [0.5, 0.6) is 0 Å². The summed E-state index contributed by atoms with van der Waals surface area (Å²) in [7, 11) is 0. The molecule has 3 atom stereocenters. The van der Waals surface area contributed by atoms with Gasteiger partial charge in [-0.05, 0) is 5.56 Å². The number of aliphatic hydroxyl groups excluding tert-OH is 1. The van der Waals surface area contributed by atoms with Crippen molar-refractivity contribution in [2.45, 2.75) is 24.4 Å². The first-order chi connectivity index (χ1) is 7.72. The highest BCUT2D eigenvalue weighted by atomic mass is 16.7. The molecule has 0 aromatic heterocycles. The number of carbonyl (C=O) groups excluding carboxylic acids is 1. The van der Waals surface area contributed by atoms with E-state index in [1.807, 2.05) is 30.3 Å². The molecule has 0 aliphatic carbocycles. The van der Waals surface area contributed by atoms with Crippen LogP contribution in [0.3, 0.4) is 0 Å². The number of epoxide rings is 1. The lowest BCUT2D eigenvalue weighted by atomic mass is 9.95. The van der Waals surface area contributed by atoms with Gasteiger partial charge in [0.25, 0.3) is 0 Å². The van der Waals surface area contributed by atoms with Gasteiger partial charge in [-0.3, -0.25) is 4.79 Å². The molecule has 1 spiro atoms. The van der Waals surface area contributed by atoms with Crippen LogP contribution in [0, 0.1) is 0 Å². The molecule has 3 rings (SSSR count). The minimum absolute atomic E-state index is 0.339. The van der Waals surface area contributed by atoms with Crippen LogP contribution in [-0.2, 0) is 20.7 Å². The van der Waals surface area contributed by atoms with E-state index < -0.39 is 11.9 Å². The van der Waals surface area contributed by atoms with Crippen molar-refractivity contribution in [1.29, 1.82) is 0 Å². The average Bonchev–Trinajstić information content (AvgIpc) is 3.06. The average molecular weight is 220 g/mol.